The summed E-state index contributed by atoms with van der Waals surface area (Å²) in [6.45, 7) is 2.81. The zero-order valence-corrected chi connectivity index (χ0v) is 11.0. The van der Waals surface area contributed by atoms with Crippen LogP contribution in [0.15, 0.2) is 42.9 Å². The molecule has 0 aliphatic heterocycles. The zero-order valence-electron chi connectivity index (χ0n) is 11.0. The lowest BCUT2D eigenvalue weighted by Crippen LogP contribution is -2.27. The molecule has 19 heavy (non-hydrogen) atoms. The predicted molar refractivity (Wildman–Crippen MR) is 75.4 cm³/mol. The van der Waals surface area contributed by atoms with E-state index in [1.807, 2.05) is 19.1 Å². The fourth-order valence-electron chi connectivity index (χ4n) is 1.70. The summed E-state index contributed by atoms with van der Waals surface area (Å²) in [5.74, 6) is -0.159. The van der Waals surface area contributed by atoms with Crippen molar-refractivity contribution >= 4 is 17.3 Å². The Labute approximate surface area is 112 Å². The van der Waals surface area contributed by atoms with Crippen molar-refractivity contribution in [2.45, 2.75) is 6.92 Å². The third kappa shape index (κ3) is 3.07. The molecule has 2 rings (SSSR count). The molecular weight excluding hydrogens is 240 g/mol. The van der Waals surface area contributed by atoms with Gasteiger partial charge in [0.1, 0.15) is 5.69 Å². The first-order valence-electron chi connectivity index (χ1n) is 6.10. The highest BCUT2D eigenvalue weighted by Crippen LogP contribution is 2.14. The van der Waals surface area contributed by atoms with E-state index in [4.69, 9.17) is 0 Å². The molecule has 0 fully saturated rings. The van der Waals surface area contributed by atoms with E-state index in [1.54, 1.807) is 37.8 Å². The average Bonchev–Trinajstić information content (AvgIpc) is 2.47. The molecular formula is C14H16N4O. The number of carbonyl (C=O) groups is 1. The molecule has 0 unspecified atom stereocenters. The van der Waals surface area contributed by atoms with Crippen molar-refractivity contribution in [1.29, 1.82) is 0 Å². The predicted octanol–water partition coefficient (Wildman–Crippen LogP) is 2.18. The zero-order chi connectivity index (χ0) is 13.7. The van der Waals surface area contributed by atoms with E-state index in [0.29, 0.717) is 5.69 Å². The summed E-state index contributed by atoms with van der Waals surface area (Å²) in [6, 6.07) is 7.21. The lowest BCUT2D eigenvalue weighted by Gasteiger charge is -2.16. The minimum absolute atomic E-state index is 0.159. The topological polar surface area (TPSA) is 58.1 Å². The molecule has 0 atom stereocenters. The third-order valence-electron chi connectivity index (χ3n) is 2.70. The maximum Gasteiger partial charge on any atom is 0.276 e. The Morgan fingerprint density at radius 1 is 1.37 bits per heavy atom. The van der Waals surface area contributed by atoms with E-state index in [0.717, 1.165) is 17.9 Å². The van der Waals surface area contributed by atoms with Gasteiger partial charge in [0.2, 0.25) is 0 Å². The van der Waals surface area contributed by atoms with Crippen LogP contribution in [0, 0.1) is 0 Å². The first-order valence-corrected chi connectivity index (χ1v) is 6.10. The lowest BCUT2D eigenvalue weighted by molar-refractivity contribution is 0.0988. The highest BCUT2D eigenvalue weighted by atomic mass is 16.2. The number of amides is 1. The first-order chi connectivity index (χ1) is 9.22. The summed E-state index contributed by atoms with van der Waals surface area (Å²) < 4.78 is 0. The minimum Gasteiger partial charge on any atom is -0.385 e. The average molecular weight is 256 g/mol. The largest absolute Gasteiger partial charge is 0.385 e. The summed E-state index contributed by atoms with van der Waals surface area (Å²) in [4.78, 5) is 22.0. The first kappa shape index (κ1) is 13.0. The Bertz CT molecular complexity index is 556. The monoisotopic (exact) mass is 256 g/mol. The van der Waals surface area contributed by atoms with Gasteiger partial charge < -0.3 is 10.2 Å². The van der Waals surface area contributed by atoms with Gasteiger partial charge in [0.05, 0.1) is 11.9 Å². The molecule has 2 aromatic rings. The maximum atomic E-state index is 12.3. The Kier molecular flexibility index (Phi) is 4.07. The van der Waals surface area contributed by atoms with Gasteiger partial charge in [-0.3, -0.25) is 14.8 Å². The van der Waals surface area contributed by atoms with Crippen LogP contribution >= 0.6 is 0 Å². The van der Waals surface area contributed by atoms with Crippen LogP contribution < -0.4 is 10.2 Å². The number of hydrogen-bond donors (Lipinski definition) is 1. The molecule has 0 radical (unpaired) electrons. The number of rotatable bonds is 4. The van der Waals surface area contributed by atoms with Crippen LogP contribution in [-0.2, 0) is 0 Å². The van der Waals surface area contributed by atoms with Gasteiger partial charge in [0, 0.05) is 31.7 Å². The standard InChI is InChI=1S/C14H16N4O/c1-3-16-11-6-8-17-13(9-11)14(19)18(2)12-5-4-7-15-10-12/h4-10H,3H2,1-2H3,(H,16,17). The SMILES string of the molecule is CCNc1ccnc(C(=O)N(C)c2cccnc2)c1. The summed E-state index contributed by atoms with van der Waals surface area (Å²) in [7, 11) is 1.71. The van der Waals surface area contributed by atoms with Gasteiger partial charge in [-0.05, 0) is 31.2 Å². The Hall–Kier alpha value is -2.43. The minimum atomic E-state index is -0.159. The van der Waals surface area contributed by atoms with E-state index in [-0.39, 0.29) is 5.91 Å². The smallest absolute Gasteiger partial charge is 0.276 e. The van der Waals surface area contributed by atoms with Crippen molar-refractivity contribution in [3.05, 3.63) is 48.5 Å². The Morgan fingerprint density at radius 2 is 2.21 bits per heavy atom. The maximum absolute atomic E-state index is 12.3. The molecule has 0 saturated carbocycles. The number of nitrogens with one attached hydrogen (secondary N) is 1. The second kappa shape index (κ2) is 5.95. The van der Waals surface area contributed by atoms with Crippen LogP contribution in [0.1, 0.15) is 17.4 Å². The molecule has 0 bridgehead atoms. The number of hydrogen-bond acceptors (Lipinski definition) is 4. The van der Waals surface area contributed by atoms with Gasteiger partial charge in [-0.25, -0.2) is 0 Å². The van der Waals surface area contributed by atoms with Gasteiger partial charge in [-0.15, -0.1) is 0 Å². The van der Waals surface area contributed by atoms with Crippen molar-refractivity contribution in [3.63, 3.8) is 0 Å². The molecule has 0 saturated heterocycles. The molecule has 98 valence electrons. The molecule has 2 heterocycles. The number of carbonyl (C=O) groups excluding carboxylic acids is 1. The van der Waals surface area contributed by atoms with E-state index >= 15 is 0 Å². The van der Waals surface area contributed by atoms with Crippen LogP contribution in [0.5, 0.6) is 0 Å². The second-order valence-electron chi connectivity index (χ2n) is 4.04. The fourth-order valence-corrected chi connectivity index (χ4v) is 1.70. The van der Waals surface area contributed by atoms with Crippen molar-refractivity contribution < 1.29 is 4.79 Å². The van der Waals surface area contributed by atoms with Gasteiger partial charge in [-0.1, -0.05) is 0 Å². The number of nitrogens with zero attached hydrogens (tertiary/aromatic N) is 3. The quantitative estimate of drug-likeness (QED) is 0.911. The molecule has 1 N–H and O–H groups in total. The molecule has 0 aliphatic carbocycles. The van der Waals surface area contributed by atoms with Crippen molar-refractivity contribution in [2.24, 2.45) is 0 Å². The van der Waals surface area contributed by atoms with Gasteiger partial charge in [0.15, 0.2) is 0 Å². The van der Waals surface area contributed by atoms with Crippen molar-refractivity contribution in [1.82, 2.24) is 9.97 Å². The highest BCUT2D eigenvalue weighted by molar-refractivity contribution is 6.04. The van der Waals surface area contributed by atoms with Gasteiger partial charge in [0.25, 0.3) is 5.91 Å². The van der Waals surface area contributed by atoms with E-state index in [2.05, 4.69) is 15.3 Å². The molecule has 1 amide bonds. The molecule has 5 nitrogen and oxygen atoms in total. The second-order valence-corrected chi connectivity index (χ2v) is 4.04. The number of aromatic nitrogens is 2. The van der Waals surface area contributed by atoms with E-state index < -0.39 is 0 Å². The third-order valence-corrected chi connectivity index (χ3v) is 2.70. The molecule has 5 heteroatoms. The van der Waals surface area contributed by atoms with Crippen molar-refractivity contribution in [3.8, 4) is 0 Å². The molecule has 0 aromatic carbocycles. The van der Waals surface area contributed by atoms with E-state index in [1.165, 1.54) is 4.90 Å². The van der Waals surface area contributed by atoms with Crippen LogP contribution in [0.2, 0.25) is 0 Å². The van der Waals surface area contributed by atoms with E-state index in [9.17, 15) is 4.79 Å². The van der Waals surface area contributed by atoms with Crippen LogP contribution in [-0.4, -0.2) is 29.5 Å². The lowest BCUT2D eigenvalue weighted by atomic mass is 10.2. The summed E-state index contributed by atoms with van der Waals surface area (Å²) in [5.41, 5.74) is 2.04. The fraction of sp³-hybridized carbons (Fsp3) is 0.214. The van der Waals surface area contributed by atoms with Gasteiger partial charge in [-0.2, -0.15) is 0 Å². The normalized spacial score (nSPS) is 10.0. The summed E-state index contributed by atoms with van der Waals surface area (Å²) in [6.07, 6.45) is 4.94. The van der Waals surface area contributed by atoms with Crippen LogP contribution in [0.25, 0.3) is 0 Å². The molecule has 0 aliphatic rings. The van der Waals surface area contributed by atoms with Crippen LogP contribution in [0.3, 0.4) is 0 Å². The van der Waals surface area contributed by atoms with Gasteiger partial charge >= 0.3 is 0 Å². The number of pyridine rings is 2. The van der Waals surface area contributed by atoms with Crippen molar-refractivity contribution in [2.75, 3.05) is 23.8 Å². The summed E-state index contributed by atoms with van der Waals surface area (Å²) >= 11 is 0. The Morgan fingerprint density at radius 3 is 2.89 bits per heavy atom. The summed E-state index contributed by atoms with van der Waals surface area (Å²) in [5, 5.41) is 3.16. The highest BCUT2D eigenvalue weighted by Gasteiger charge is 2.15. The molecule has 2 aromatic heterocycles. The Balaban J connectivity index is 2.22. The van der Waals surface area contributed by atoms with Crippen LogP contribution in [0.4, 0.5) is 11.4 Å². The molecule has 0 spiro atoms. The number of anilines is 2.